The van der Waals surface area contributed by atoms with Crippen molar-refractivity contribution in [1.82, 2.24) is 15.0 Å². The summed E-state index contributed by atoms with van der Waals surface area (Å²) in [6, 6.07) is 15.6. The number of halogens is 2. The fourth-order valence-corrected chi connectivity index (χ4v) is 2.60. The van der Waals surface area contributed by atoms with Crippen molar-refractivity contribution < 1.29 is 13.0 Å². The summed E-state index contributed by atoms with van der Waals surface area (Å²) >= 11 is 11.2. The van der Waals surface area contributed by atoms with E-state index in [9.17, 15) is 8.42 Å². The fraction of sp³-hybridized carbons (Fsp3) is 0.0625. The first-order valence-corrected chi connectivity index (χ1v) is 9.37. The van der Waals surface area contributed by atoms with Crippen molar-refractivity contribution in [1.29, 1.82) is 0 Å². The first-order chi connectivity index (χ1) is 12.2. The number of nitrogens with zero attached hydrogens (tertiary/aromatic N) is 3. The lowest BCUT2D eigenvalue weighted by molar-refractivity contribution is 0.483. The third kappa shape index (κ3) is 6.57. The molecule has 136 valence electrons. The highest BCUT2D eigenvalue weighted by Gasteiger charge is 2.09. The van der Waals surface area contributed by atoms with E-state index in [-0.39, 0.29) is 21.4 Å². The molecule has 10 heteroatoms. The Morgan fingerprint density at radius 3 is 1.85 bits per heavy atom. The van der Waals surface area contributed by atoms with Crippen LogP contribution in [0.25, 0.3) is 0 Å². The van der Waals surface area contributed by atoms with Crippen molar-refractivity contribution in [3.63, 3.8) is 0 Å². The van der Waals surface area contributed by atoms with Crippen molar-refractivity contribution >= 4 is 45.0 Å². The third-order valence-electron chi connectivity index (χ3n) is 2.93. The first kappa shape index (κ1) is 20.1. The highest BCUT2D eigenvalue weighted by atomic mass is 35.5. The SMILES string of the molecule is Cc1ccccc1.O=S(=O)(O)c1ccc(Nc2nc(Cl)nc(Cl)n2)cc1. The molecule has 0 saturated carbocycles. The number of aromatic nitrogens is 3. The van der Waals surface area contributed by atoms with Gasteiger partial charge in [-0.25, -0.2) is 0 Å². The van der Waals surface area contributed by atoms with Gasteiger partial charge in [-0.15, -0.1) is 0 Å². The number of aryl methyl sites for hydroxylation is 1. The van der Waals surface area contributed by atoms with Crippen molar-refractivity contribution in [3.8, 4) is 0 Å². The van der Waals surface area contributed by atoms with E-state index in [1.807, 2.05) is 18.2 Å². The molecule has 0 fully saturated rings. The van der Waals surface area contributed by atoms with Crippen LogP contribution in [0.1, 0.15) is 5.56 Å². The molecule has 1 heterocycles. The summed E-state index contributed by atoms with van der Waals surface area (Å²) in [6.45, 7) is 2.08. The summed E-state index contributed by atoms with van der Waals surface area (Å²) in [4.78, 5) is 10.9. The van der Waals surface area contributed by atoms with Crippen LogP contribution >= 0.6 is 23.2 Å². The second-order valence-corrected chi connectivity index (χ2v) is 7.07. The number of hydrogen-bond acceptors (Lipinski definition) is 6. The van der Waals surface area contributed by atoms with Crippen LogP contribution in [0.5, 0.6) is 0 Å². The van der Waals surface area contributed by atoms with Gasteiger partial charge in [0.1, 0.15) is 0 Å². The second kappa shape index (κ2) is 8.91. The van der Waals surface area contributed by atoms with E-state index in [0.29, 0.717) is 5.69 Å². The van der Waals surface area contributed by atoms with Crippen molar-refractivity contribution in [3.05, 3.63) is 70.7 Å². The molecule has 0 aliphatic rings. The van der Waals surface area contributed by atoms with Crippen LogP contribution in [0.3, 0.4) is 0 Å². The molecule has 0 aliphatic heterocycles. The highest BCUT2D eigenvalue weighted by Crippen LogP contribution is 2.18. The van der Waals surface area contributed by atoms with Gasteiger partial charge in [0, 0.05) is 5.69 Å². The first-order valence-electron chi connectivity index (χ1n) is 7.17. The quantitative estimate of drug-likeness (QED) is 0.621. The van der Waals surface area contributed by atoms with Crippen LogP contribution in [0.2, 0.25) is 10.6 Å². The molecule has 0 spiro atoms. The normalized spacial score (nSPS) is 10.6. The van der Waals surface area contributed by atoms with Gasteiger partial charge in [-0.05, 0) is 54.4 Å². The highest BCUT2D eigenvalue weighted by molar-refractivity contribution is 7.85. The van der Waals surface area contributed by atoms with Crippen LogP contribution in [-0.4, -0.2) is 27.9 Å². The standard InChI is InChI=1S/C9H6Cl2N4O3S.C7H8/c10-7-13-8(11)15-9(14-7)12-5-1-3-6(4-2-5)19(16,17)18;1-7-5-3-2-4-6-7/h1-4H,(H,16,17,18)(H,12,13,14,15);2-6H,1H3. The summed E-state index contributed by atoms with van der Waals surface area (Å²) in [7, 11) is -4.22. The zero-order chi connectivity index (χ0) is 19.2. The van der Waals surface area contributed by atoms with Gasteiger partial charge >= 0.3 is 0 Å². The Morgan fingerprint density at radius 2 is 1.42 bits per heavy atom. The Morgan fingerprint density at radius 1 is 0.885 bits per heavy atom. The Labute approximate surface area is 160 Å². The van der Waals surface area contributed by atoms with Crippen molar-refractivity contribution in [2.45, 2.75) is 11.8 Å². The molecule has 0 atom stereocenters. The lowest BCUT2D eigenvalue weighted by Crippen LogP contribution is -2.01. The summed E-state index contributed by atoms with van der Waals surface area (Å²) in [5.41, 5.74) is 1.81. The van der Waals surface area contributed by atoms with Crippen LogP contribution in [0.15, 0.2) is 59.5 Å². The Hall–Kier alpha value is -2.26. The number of anilines is 2. The topological polar surface area (TPSA) is 105 Å². The molecular weight excluding hydrogens is 399 g/mol. The zero-order valence-corrected chi connectivity index (χ0v) is 15.8. The van der Waals surface area contributed by atoms with Gasteiger partial charge in [0.2, 0.25) is 16.5 Å². The molecule has 3 aromatic rings. The van der Waals surface area contributed by atoms with Crippen LogP contribution in [-0.2, 0) is 10.1 Å². The molecular formula is C16H14Cl2N4O3S. The van der Waals surface area contributed by atoms with Crippen molar-refractivity contribution in [2.75, 3.05) is 5.32 Å². The van der Waals surface area contributed by atoms with E-state index >= 15 is 0 Å². The molecule has 1 aromatic heterocycles. The summed E-state index contributed by atoms with van der Waals surface area (Å²) in [6.07, 6.45) is 0. The van der Waals surface area contributed by atoms with E-state index in [4.69, 9.17) is 27.8 Å². The zero-order valence-electron chi connectivity index (χ0n) is 13.5. The van der Waals surface area contributed by atoms with Crippen LogP contribution in [0, 0.1) is 6.92 Å². The van der Waals surface area contributed by atoms with Crippen LogP contribution in [0.4, 0.5) is 11.6 Å². The smallest absolute Gasteiger partial charge is 0.294 e. The van der Waals surface area contributed by atoms with E-state index in [0.717, 1.165) is 0 Å². The predicted molar refractivity (Wildman–Crippen MR) is 101 cm³/mol. The van der Waals surface area contributed by atoms with Crippen LogP contribution < -0.4 is 5.32 Å². The number of hydrogen-bond donors (Lipinski definition) is 2. The summed E-state index contributed by atoms with van der Waals surface area (Å²) < 4.78 is 30.5. The number of benzene rings is 2. The number of nitrogens with one attached hydrogen (secondary N) is 1. The molecule has 0 radical (unpaired) electrons. The third-order valence-corrected chi connectivity index (χ3v) is 4.14. The monoisotopic (exact) mass is 412 g/mol. The lowest BCUT2D eigenvalue weighted by Gasteiger charge is -2.05. The van der Waals surface area contributed by atoms with E-state index in [2.05, 4.69) is 39.3 Å². The van der Waals surface area contributed by atoms with E-state index in [1.165, 1.54) is 29.8 Å². The average Bonchev–Trinajstić information content (AvgIpc) is 2.55. The van der Waals surface area contributed by atoms with E-state index in [1.54, 1.807) is 0 Å². The molecule has 3 rings (SSSR count). The van der Waals surface area contributed by atoms with Gasteiger partial charge in [-0.2, -0.15) is 23.4 Å². The largest absolute Gasteiger partial charge is 0.324 e. The molecule has 0 aliphatic carbocycles. The molecule has 7 nitrogen and oxygen atoms in total. The Balaban J connectivity index is 0.000000290. The Bertz CT molecular complexity index is 948. The average molecular weight is 413 g/mol. The maximum atomic E-state index is 10.9. The molecule has 0 bridgehead atoms. The minimum atomic E-state index is -4.22. The lowest BCUT2D eigenvalue weighted by atomic mass is 10.2. The molecule has 0 unspecified atom stereocenters. The minimum Gasteiger partial charge on any atom is -0.324 e. The maximum Gasteiger partial charge on any atom is 0.294 e. The van der Waals surface area contributed by atoms with E-state index < -0.39 is 10.1 Å². The summed E-state index contributed by atoms with van der Waals surface area (Å²) in [5.74, 6) is 0.115. The minimum absolute atomic E-state index is 0.0722. The van der Waals surface area contributed by atoms with Gasteiger partial charge in [0.25, 0.3) is 10.1 Å². The second-order valence-electron chi connectivity index (χ2n) is 4.98. The molecule has 0 saturated heterocycles. The molecule has 0 amide bonds. The van der Waals surface area contributed by atoms with Gasteiger partial charge in [0.15, 0.2) is 0 Å². The number of rotatable bonds is 3. The predicted octanol–water partition coefficient (Wildman–Crippen LogP) is 4.16. The molecule has 2 aromatic carbocycles. The molecule has 26 heavy (non-hydrogen) atoms. The van der Waals surface area contributed by atoms with Gasteiger partial charge in [-0.1, -0.05) is 35.9 Å². The fourth-order valence-electron chi connectivity index (χ4n) is 1.76. The summed E-state index contributed by atoms with van der Waals surface area (Å²) in [5, 5.41) is 2.61. The molecule has 2 N–H and O–H groups in total. The van der Waals surface area contributed by atoms with Crippen molar-refractivity contribution in [2.24, 2.45) is 0 Å². The van der Waals surface area contributed by atoms with Gasteiger partial charge < -0.3 is 5.32 Å². The Kier molecular flexibility index (Phi) is 6.87. The van der Waals surface area contributed by atoms with Gasteiger partial charge in [0.05, 0.1) is 4.90 Å². The van der Waals surface area contributed by atoms with Gasteiger partial charge in [-0.3, -0.25) is 4.55 Å². The maximum absolute atomic E-state index is 10.9.